The Morgan fingerprint density at radius 3 is 2.61 bits per heavy atom. The molecular formula is C29H24FN3O4S. The van der Waals surface area contributed by atoms with Crippen LogP contribution < -0.4 is 9.61 Å². The number of H-pyrrole nitrogens is 1. The van der Waals surface area contributed by atoms with Crippen LogP contribution in [0.25, 0.3) is 44.0 Å². The van der Waals surface area contributed by atoms with E-state index in [0.717, 1.165) is 58.9 Å². The van der Waals surface area contributed by atoms with E-state index in [2.05, 4.69) is 19.8 Å². The summed E-state index contributed by atoms with van der Waals surface area (Å²) in [5.74, 6) is -0.125. The van der Waals surface area contributed by atoms with Crippen molar-refractivity contribution in [2.45, 2.75) is 45.1 Å². The highest BCUT2D eigenvalue weighted by molar-refractivity contribution is 7.81. The molecule has 0 bridgehead atoms. The topological polar surface area (TPSA) is 105 Å². The Morgan fingerprint density at radius 2 is 1.89 bits per heavy atom. The highest BCUT2D eigenvalue weighted by Crippen LogP contribution is 2.39. The maximum Gasteiger partial charge on any atom is 0.488 e. The summed E-state index contributed by atoms with van der Waals surface area (Å²) in [6, 6.07) is 17.9. The average molecular weight is 530 g/mol. The summed E-state index contributed by atoms with van der Waals surface area (Å²) in [6.07, 6.45) is 4.77. The van der Waals surface area contributed by atoms with Gasteiger partial charge in [-0.15, -0.1) is 0 Å². The lowest BCUT2D eigenvalue weighted by Gasteiger charge is -2.21. The molecule has 1 saturated carbocycles. The molecular weight excluding hydrogens is 505 g/mol. The van der Waals surface area contributed by atoms with Gasteiger partial charge in [-0.3, -0.25) is 4.79 Å². The van der Waals surface area contributed by atoms with Crippen molar-refractivity contribution >= 4 is 43.3 Å². The standard InChI is InChI=1S/C29H24FN3O4S/c1-2-18-14-24-26(15-23(18)19-6-5-9-21(13-19)37-38(30,35)36)33(20-7-3-4-8-20)29-27(28(24)34)22-11-10-17(16-31)12-25(22)32-29/h5-6,9-15,20,32H,2-4,7-8H2,1H3. The summed E-state index contributed by atoms with van der Waals surface area (Å²) in [6.45, 7) is 1.99. The number of pyridine rings is 1. The van der Waals surface area contributed by atoms with E-state index in [9.17, 15) is 22.4 Å². The maximum absolute atomic E-state index is 14.0. The fourth-order valence-corrected chi connectivity index (χ4v) is 6.20. The van der Waals surface area contributed by atoms with Crippen LogP contribution in [0.1, 0.15) is 49.8 Å². The number of aromatic nitrogens is 2. The highest BCUT2D eigenvalue weighted by Gasteiger charge is 2.25. The second-order valence-corrected chi connectivity index (χ2v) is 10.7. The molecule has 0 spiro atoms. The number of nitrogens with one attached hydrogen (secondary N) is 1. The summed E-state index contributed by atoms with van der Waals surface area (Å²) in [4.78, 5) is 17.4. The van der Waals surface area contributed by atoms with Crippen LogP contribution in [-0.4, -0.2) is 18.0 Å². The Kier molecular flexibility index (Phi) is 5.73. The predicted molar refractivity (Wildman–Crippen MR) is 145 cm³/mol. The molecule has 1 aliphatic rings. The largest absolute Gasteiger partial charge is 0.488 e. The minimum Gasteiger partial charge on any atom is -0.358 e. The molecule has 2 aromatic heterocycles. The predicted octanol–water partition coefficient (Wildman–Crippen LogP) is 6.45. The zero-order chi connectivity index (χ0) is 26.6. The van der Waals surface area contributed by atoms with Gasteiger partial charge in [0.25, 0.3) is 0 Å². The number of nitrogens with zero attached hydrogens (tertiary/aromatic N) is 2. The Hall–Kier alpha value is -4.16. The Bertz CT molecular complexity index is 1960. The molecule has 1 fully saturated rings. The third-order valence-corrected chi connectivity index (χ3v) is 7.90. The van der Waals surface area contributed by atoms with E-state index in [1.54, 1.807) is 24.3 Å². The van der Waals surface area contributed by atoms with Gasteiger partial charge in [0, 0.05) is 22.3 Å². The minimum absolute atomic E-state index is 0.0814. The van der Waals surface area contributed by atoms with E-state index >= 15 is 0 Å². The van der Waals surface area contributed by atoms with Crippen molar-refractivity contribution in [2.24, 2.45) is 0 Å². The Labute approximate surface area is 218 Å². The lowest BCUT2D eigenvalue weighted by Crippen LogP contribution is -2.15. The van der Waals surface area contributed by atoms with Crippen molar-refractivity contribution in [3.63, 3.8) is 0 Å². The molecule has 5 aromatic rings. The van der Waals surface area contributed by atoms with Gasteiger partial charge in [-0.05, 0) is 72.4 Å². The summed E-state index contributed by atoms with van der Waals surface area (Å²) in [7, 11) is -5.16. The lowest BCUT2D eigenvalue weighted by molar-refractivity contribution is 0.440. The first kappa shape index (κ1) is 24.2. The number of aromatic amines is 1. The molecule has 0 saturated heterocycles. The summed E-state index contributed by atoms with van der Waals surface area (Å²) in [5, 5.41) is 11.4. The van der Waals surface area contributed by atoms with Crippen molar-refractivity contribution in [1.29, 1.82) is 5.26 Å². The first-order valence-corrected chi connectivity index (χ1v) is 13.9. The summed E-state index contributed by atoms with van der Waals surface area (Å²) < 4.78 is 42.0. The Balaban J connectivity index is 1.69. The molecule has 0 aliphatic heterocycles. The number of fused-ring (bicyclic) bond motifs is 4. The maximum atomic E-state index is 14.0. The molecule has 0 amide bonds. The van der Waals surface area contributed by atoms with Crippen LogP contribution in [0.5, 0.6) is 5.75 Å². The first-order valence-electron chi connectivity index (χ1n) is 12.6. The van der Waals surface area contributed by atoms with Gasteiger partial charge in [-0.2, -0.15) is 13.7 Å². The van der Waals surface area contributed by atoms with Gasteiger partial charge in [0.1, 0.15) is 11.4 Å². The number of benzene rings is 3. The van der Waals surface area contributed by atoms with Crippen LogP contribution in [0.3, 0.4) is 0 Å². The van der Waals surface area contributed by atoms with E-state index in [1.165, 1.54) is 12.1 Å². The van der Waals surface area contributed by atoms with E-state index in [1.807, 2.05) is 25.1 Å². The van der Waals surface area contributed by atoms with Crippen LogP contribution >= 0.6 is 0 Å². The molecule has 3 aromatic carbocycles. The quantitative estimate of drug-likeness (QED) is 0.264. The van der Waals surface area contributed by atoms with Crippen molar-refractivity contribution in [3.05, 3.63) is 75.9 Å². The van der Waals surface area contributed by atoms with Gasteiger partial charge in [0.2, 0.25) is 0 Å². The van der Waals surface area contributed by atoms with E-state index in [0.29, 0.717) is 28.3 Å². The molecule has 6 rings (SSSR count). The molecule has 192 valence electrons. The number of hydrogen-bond donors (Lipinski definition) is 1. The SMILES string of the molecule is CCc1cc2c(=O)c3c4ccc(C#N)cc4[nH]c3n(C3CCCC3)c2cc1-c1cccc(OS(=O)(=O)F)c1. The molecule has 2 heterocycles. The van der Waals surface area contributed by atoms with Crippen molar-refractivity contribution in [3.8, 4) is 22.9 Å². The van der Waals surface area contributed by atoms with Crippen molar-refractivity contribution in [2.75, 3.05) is 0 Å². The van der Waals surface area contributed by atoms with Gasteiger partial charge in [0.05, 0.1) is 22.5 Å². The molecule has 1 N–H and O–H groups in total. The first-order chi connectivity index (χ1) is 18.3. The van der Waals surface area contributed by atoms with E-state index in [4.69, 9.17) is 0 Å². The molecule has 38 heavy (non-hydrogen) atoms. The third kappa shape index (κ3) is 4.02. The second kappa shape index (κ2) is 8.99. The summed E-state index contributed by atoms with van der Waals surface area (Å²) >= 11 is 0. The molecule has 0 radical (unpaired) electrons. The van der Waals surface area contributed by atoms with E-state index < -0.39 is 10.5 Å². The fourth-order valence-electron chi connectivity index (χ4n) is 5.87. The number of halogens is 1. The van der Waals surface area contributed by atoms with Gasteiger partial charge in [-0.25, -0.2) is 0 Å². The molecule has 9 heteroatoms. The molecule has 1 aliphatic carbocycles. The fraction of sp³-hybridized carbons (Fsp3) is 0.241. The van der Waals surface area contributed by atoms with E-state index in [-0.39, 0.29) is 17.2 Å². The number of hydrogen-bond acceptors (Lipinski definition) is 5. The normalized spacial score (nSPS) is 14.4. The number of aryl methyl sites for hydroxylation is 1. The zero-order valence-electron chi connectivity index (χ0n) is 20.6. The molecule has 0 atom stereocenters. The Morgan fingerprint density at radius 1 is 1.11 bits per heavy atom. The lowest BCUT2D eigenvalue weighted by atomic mass is 9.94. The van der Waals surface area contributed by atoms with Gasteiger partial charge < -0.3 is 13.7 Å². The third-order valence-electron chi connectivity index (χ3n) is 7.51. The average Bonchev–Trinajstić information content (AvgIpc) is 3.55. The molecule has 0 unspecified atom stereocenters. The van der Waals surface area contributed by atoms with Crippen LogP contribution in [0, 0.1) is 11.3 Å². The van der Waals surface area contributed by atoms with Crippen LogP contribution in [0.15, 0.2) is 59.4 Å². The van der Waals surface area contributed by atoms with Gasteiger partial charge in [0.15, 0.2) is 5.43 Å². The summed E-state index contributed by atoms with van der Waals surface area (Å²) in [5.41, 5.74) is 5.06. The van der Waals surface area contributed by atoms with Gasteiger partial charge in [-0.1, -0.05) is 41.9 Å². The zero-order valence-corrected chi connectivity index (χ0v) is 21.4. The smallest absolute Gasteiger partial charge is 0.358 e. The minimum atomic E-state index is -5.16. The second-order valence-electron chi connectivity index (χ2n) is 9.74. The monoisotopic (exact) mass is 529 g/mol. The molecule has 7 nitrogen and oxygen atoms in total. The van der Waals surface area contributed by atoms with Crippen molar-refractivity contribution < 1.29 is 16.5 Å². The van der Waals surface area contributed by atoms with Crippen LogP contribution in [0.4, 0.5) is 3.89 Å². The van der Waals surface area contributed by atoms with Gasteiger partial charge >= 0.3 is 10.5 Å². The number of rotatable bonds is 5. The highest BCUT2D eigenvalue weighted by atomic mass is 32.3. The van der Waals surface area contributed by atoms with Crippen LogP contribution in [-0.2, 0) is 16.9 Å². The van der Waals surface area contributed by atoms with Crippen LogP contribution in [0.2, 0.25) is 0 Å². The number of nitriles is 1. The van der Waals surface area contributed by atoms with Crippen molar-refractivity contribution in [1.82, 2.24) is 9.55 Å².